The number of hydrogen-bond acceptors (Lipinski definition) is 2. The van der Waals surface area contributed by atoms with Gasteiger partial charge in [-0.15, -0.1) is 0 Å². The van der Waals surface area contributed by atoms with Gasteiger partial charge in [0.2, 0.25) is 0 Å². The largest absolute Gasteiger partial charge is 0.481 e. The molecule has 0 saturated heterocycles. The number of hydrogen-bond donors (Lipinski definition) is 0. The monoisotopic (exact) mass is 413 g/mol. The molecule has 1 aliphatic rings. The van der Waals surface area contributed by atoms with E-state index in [1.807, 2.05) is 54.3 Å². The first-order valence-electron chi connectivity index (χ1n) is 11.4. The third kappa shape index (κ3) is 5.55. The Morgan fingerprint density at radius 1 is 0.839 bits per heavy atom. The van der Waals surface area contributed by atoms with E-state index in [0.29, 0.717) is 19.5 Å². The normalized spacial score (nSPS) is 13.8. The summed E-state index contributed by atoms with van der Waals surface area (Å²) in [7, 11) is 0. The highest BCUT2D eigenvalue weighted by Gasteiger charge is 2.25. The zero-order chi connectivity index (χ0) is 21.5. The van der Waals surface area contributed by atoms with Crippen LogP contribution < -0.4 is 4.74 Å². The van der Waals surface area contributed by atoms with E-state index in [9.17, 15) is 4.79 Å². The Morgan fingerprint density at radius 3 is 2.00 bits per heavy atom. The van der Waals surface area contributed by atoms with Crippen LogP contribution in [0.2, 0.25) is 0 Å². The Kier molecular flexibility index (Phi) is 7.03. The molecule has 3 aromatic carbocycles. The van der Waals surface area contributed by atoms with Gasteiger partial charge in [0.25, 0.3) is 5.91 Å². The maximum atomic E-state index is 13.6. The number of fused-ring (bicyclic) bond motifs is 1. The molecule has 0 spiro atoms. The first-order valence-corrected chi connectivity index (χ1v) is 11.4. The first-order chi connectivity index (χ1) is 15.2. The maximum Gasteiger partial charge on any atom is 0.264 e. The van der Waals surface area contributed by atoms with Crippen molar-refractivity contribution in [3.8, 4) is 5.75 Å². The second kappa shape index (κ2) is 10.3. The van der Waals surface area contributed by atoms with Crippen molar-refractivity contribution in [2.45, 2.75) is 58.2 Å². The molecule has 0 unspecified atom stereocenters. The molecule has 0 radical (unpaired) electrons. The van der Waals surface area contributed by atoms with Crippen LogP contribution in [0, 0.1) is 0 Å². The van der Waals surface area contributed by atoms with Gasteiger partial charge in [-0.3, -0.25) is 4.79 Å². The van der Waals surface area contributed by atoms with Gasteiger partial charge in [-0.25, -0.2) is 0 Å². The Labute approximate surface area is 185 Å². The van der Waals surface area contributed by atoms with Gasteiger partial charge in [-0.05, 0) is 66.5 Å². The highest BCUT2D eigenvalue weighted by Crippen LogP contribution is 2.26. The van der Waals surface area contributed by atoms with E-state index in [2.05, 4.69) is 36.4 Å². The summed E-state index contributed by atoms with van der Waals surface area (Å²) in [6, 6.07) is 26.7. The zero-order valence-electron chi connectivity index (χ0n) is 18.3. The van der Waals surface area contributed by atoms with Gasteiger partial charge >= 0.3 is 0 Å². The molecule has 1 aliphatic carbocycles. The number of nitrogens with zero attached hydrogens (tertiary/aromatic N) is 1. The molecule has 31 heavy (non-hydrogen) atoms. The second-order valence-electron chi connectivity index (χ2n) is 8.32. The molecule has 1 atom stereocenters. The lowest BCUT2D eigenvalue weighted by Crippen LogP contribution is -2.41. The van der Waals surface area contributed by atoms with Gasteiger partial charge in [-0.1, -0.05) is 73.7 Å². The molecule has 160 valence electrons. The Bertz CT molecular complexity index is 943. The van der Waals surface area contributed by atoms with Gasteiger partial charge in [0.1, 0.15) is 5.75 Å². The van der Waals surface area contributed by atoms with Gasteiger partial charge in [-0.2, -0.15) is 0 Å². The van der Waals surface area contributed by atoms with E-state index in [0.717, 1.165) is 29.7 Å². The van der Waals surface area contributed by atoms with Crippen molar-refractivity contribution >= 4 is 5.91 Å². The van der Waals surface area contributed by atoms with Crippen LogP contribution in [0.5, 0.6) is 5.75 Å². The molecule has 0 fully saturated rings. The molecule has 4 rings (SSSR count). The lowest BCUT2D eigenvalue weighted by Gasteiger charge is -2.28. The van der Waals surface area contributed by atoms with E-state index in [1.165, 1.54) is 24.0 Å². The van der Waals surface area contributed by atoms with E-state index in [4.69, 9.17) is 4.74 Å². The predicted molar refractivity (Wildman–Crippen MR) is 125 cm³/mol. The second-order valence-corrected chi connectivity index (χ2v) is 8.32. The van der Waals surface area contributed by atoms with Crippen molar-refractivity contribution in [2.24, 2.45) is 0 Å². The third-order valence-electron chi connectivity index (χ3n) is 5.99. The van der Waals surface area contributed by atoms with Crippen LogP contribution in [-0.4, -0.2) is 16.9 Å². The molecule has 3 heteroatoms. The molecule has 0 heterocycles. The molecular formula is C28H31NO2. The molecule has 3 aromatic rings. The smallest absolute Gasteiger partial charge is 0.264 e. The third-order valence-corrected chi connectivity index (χ3v) is 5.99. The maximum absolute atomic E-state index is 13.6. The van der Waals surface area contributed by atoms with Crippen LogP contribution in [0.1, 0.15) is 48.4 Å². The lowest BCUT2D eigenvalue weighted by molar-refractivity contribution is -0.140. The minimum atomic E-state index is -0.492. The highest BCUT2D eigenvalue weighted by atomic mass is 16.5. The average Bonchev–Trinajstić information content (AvgIpc) is 2.83. The Morgan fingerprint density at radius 2 is 1.42 bits per heavy atom. The molecule has 0 bridgehead atoms. The summed E-state index contributed by atoms with van der Waals surface area (Å²) in [5.74, 6) is 0.841. The Hall–Kier alpha value is -3.07. The van der Waals surface area contributed by atoms with E-state index >= 15 is 0 Å². The number of amides is 1. The SMILES string of the molecule is CC[C@H](Oc1ccc2c(c1)CCCC2)C(=O)N(Cc1ccccc1)Cc1ccccc1. The summed E-state index contributed by atoms with van der Waals surface area (Å²) in [4.78, 5) is 15.5. The fraction of sp³-hybridized carbons (Fsp3) is 0.321. The molecule has 3 nitrogen and oxygen atoms in total. The molecule has 0 aliphatic heterocycles. The summed E-state index contributed by atoms with van der Waals surface area (Å²) in [6.45, 7) is 3.15. The Balaban J connectivity index is 1.53. The standard InChI is InChI=1S/C28H31NO2/c1-2-27(31-26-18-17-24-15-9-10-16-25(24)19-26)28(30)29(20-22-11-5-3-6-12-22)21-23-13-7-4-8-14-23/h3-8,11-14,17-19,27H,2,9-10,15-16,20-21H2,1H3/t27-/m0/s1. The van der Waals surface area contributed by atoms with Crippen molar-refractivity contribution in [1.82, 2.24) is 4.90 Å². The lowest BCUT2D eigenvalue weighted by atomic mass is 9.92. The van der Waals surface area contributed by atoms with E-state index in [-0.39, 0.29) is 5.91 Å². The van der Waals surface area contributed by atoms with Gasteiger partial charge in [0.15, 0.2) is 6.10 Å². The van der Waals surface area contributed by atoms with Crippen LogP contribution in [-0.2, 0) is 30.7 Å². The average molecular weight is 414 g/mol. The van der Waals surface area contributed by atoms with Crippen molar-refractivity contribution in [3.05, 3.63) is 101 Å². The van der Waals surface area contributed by atoms with E-state index < -0.39 is 6.10 Å². The molecule has 1 amide bonds. The summed E-state index contributed by atoms with van der Waals surface area (Å²) in [6.07, 6.45) is 4.88. The molecule has 0 saturated carbocycles. The van der Waals surface area contributed by atoms with Gasteiger partial charge in [0.05, 0.1) is 0 Å². The summed E-state index contributed by atoms with van der Waals surface area (Å²) in [5.41, 5.74) is 5.04. The van der Waals surface area contributed by atoms with Crippen molar-refractivity contribution in [1.29, 1.82) is 0 Å². The van der Waals surface area contributed by atoms with Crippen molar-refractivity contribution in [2.75, 3.05) is 0 Å². The summed E-state index contributed by atoms with van der Waals surface area (Å²) >= 11 is 0. The highest BCUT2D eigenvalue weighted by molar-refractivity contribution is 5.81. The first kappa shape index (κ1) is 21.2. The number of benzene rings is 3. The minimum Gasteiger partial charge on any atom is -0.481 e. The minimum absolute atomic E-state index is 0.0351. The van der Waals surface area contributed by atoms with Crippen LogP contribution in [0.3, 0.4) is 0 Å². The quantitative estimate of drug-likeness (QED) is 0.456. The number of aryl methyl sites for hydroxylation is 2. The summed E-state index contributed by atoms with van der Waals surface area (Å²) in [5, 5.41) is 0. The summed E-state index contributed by atoms with van der Waals surface area (Å²) < 4.78 is 6.26. The van der Waals surface area contributed by atoms with Crippen molar-refractivity contribution in [3.63, 3.8) is 0 Å². The van der Waals surface area contributed by atoms with Crippen LogP contribution in [0.15, 0.2) is 78.9 Å². The number of carbonyl (C=O) groups excluding carboxylic acids is 1. The number of carbonyl (C=O) groups is 1. The predicted octanol–water partition coefficient (Wildman–Crippen LogP) is 5.95. The fourth-order valence-electron chi connectivity index (χ4n) is 4.28. The van der Waals surface area contributed by atoms with Crippen molar-refractivity contribution < 1.29 is 9.53 Å². The van der Waals surface area contributed by atoms with Crippen LogP contribution >= 0.6 is 0 Å². The fourth-order valence-corrected chi connectivity index (χ4v) is 4.28. The van der Waals surface area contributed by atoms with Gasteiger partial charge in [0, 0.05) is 13.1 Å². The number of ether oxygens (including phenoxy) is 1. The van der Waals surface area contributed by atoms with E-state index in [1.54, 1.807) is 0 Å². The van der Waals surface area contributed by atoms with Gasteiger partial charge < -0.3 is 9.64 Å². The van der Waals surface area contributed by atoms with Crippen LogP contribution in [0.25, 0.3) is 0 Å². The van der Waals surface area contributed by atoms with Crippen LogP contribution in [0.4, 0.5) is 0 Å². The molecular weight excluding hydrogens is 382 g/mol. The number of rotatable bonds is 8. The molecule has 0 aromatic heterocycles. The molecule has 0 N–H and O–H groups in total. The topological polar surface area (TPSA) is 29.5 Å². The zero-order valence-corrected chi connectivity index (χ0v) is 18.3.